The third kappa shape index (κ3) is 4.31. The molecule has 2 aromatic rings. The number of hydrogen-bond donors (Lipinski definition) is 1. The molecule has 5 nitrogen and oxygen atoms in total. The van der Waals surface area contributed by atoms with Crippen LogP contribution in [0.2, 0.25) is 0 Å². The summed E-state index contributed by atoms with van der Waals surface area (Å²) < 4.78 is 11.0. The van der Waals surface area contributed by atoms with Crippen molar-refractivity contribution in [1.29, 1.82) is 5.26 Å². The van der Waals surface area contributed by atoms with E-state index in [0.717, 1.165) is 11.1 Å². The largest absolute Gasteiger partial charge is 0.486 e. The van der Waals surface area contributed by atoms with E-state index in [1.807, 2.05) is 49.4 Å². The van der Waals surface area contributed by atoms with Gasteiger partial charge in [-0.1, -0.05) is 36.4 Å². The Morgan fingerprint density at radius 2 is 1.85 bits per heavy atom. The van der Waals surface area contributed by atoms with Crippen molar-refractivity contribution in [3.8, 4) is 17.6 Å². The Hall–Kier alpha value is -3.52. The van der Waals surface area contributed by atoms with Gasteiger partial charge >= 0.3 is 0 Å². The van der Waals surface area contributed by atoms with Crippen molar-refractivity contribution >= 4 is 17.7 Å². The number of hydrogen-bond acceptors (Lipinski definition) is 4. The lowest BCUT2D eigenvalue weighted by Gasteiger charge is -2.18. The Labute approximate surface area is 152 Å². The summed E-state index contributed by atoms with van der Waals surface area (Å²) >= 11 is 0. The number of allylic oxidation sites excluding steroid dienone is 2. The third-order valence-corrected chi connectivity index (χ3v) is 3.73. The maximum atomic E-state index is 12.4. The average Bonchev–Trinajstić information content (AvgIpc) is 2.66. The van der Waals surface area contributed by atoms with Crippen molar-refractivity contribution < 1.29 is 14.3 Å². The quantitative estimate of drug-likeness (QED) is 0.517. The van der Waals surface area contributed by atoms with Gasteiger partial charge in [0.1, 0.15) is 24.9 Å². The van der Waals surface area contributed by atoms with Crippen molar-refractivity contribution in [2.75, 3.05) is 18.5 Å². The van der Waals surface area contributed by atoms with E-state index in [1.54, 1.807) is 24.3 Å². The Kier molecular flexibility index (Phi) is 5.35. The monoisotopic (exact) mass is 346 g/mol. The molecule has 0 saturated heterocycles. The van der Waals surface area contributed by atoms with Gasteiger partial charge < -0.3 is 14.8 Å². The number of carbonyl (C=O) groups excluding carboxylic acids is 1. The van der Waals surface area contributed by atoms with E-state index < -0.39 is 5.91 Å². The van der Waals surface area contributed by atoms with Crippen LogP contribution in [0.1, 0.15) is 12.5 Å². The van der Waals surface area contributed by atoms with Gasteiger partial charge in [-0.3, -0.25) is 4.79 Å². The topological polar surface area (TPSA) is 71.4 Å². The molecule has 1 aliphatic heterocycles. The number of anilines is 1. The van der Waals surface area contributed by atoms with Gasteiger partial charge in [0.2, 0.25) is 0 Å². The molecule has 0 atom stereocenters. The molecular formula is C21H18N2O3. The lowest BCUT2D eigenvalue weighted by molar-refractivity contribution is -0.112. The van der Waals surface area contributed by atoms with Crippen LogP contribution >= 0.6 is 0 Å². The van der Waals surface area contributed by atoms with Gasteiger partial charge in [0.05, 0.1) is 0 Å². The van der Waals surface area contributed by atoms with Crippen LogP contribution in [0.4, 0.5) is 5.69 Å². The van der Waals surface area contributed by atoms with E-state index >= 15 is 0 Å². The lowest BCUT2D eigenvalue weighted by Crippen LogP contribution is -2.17. The molecule has 0 fully saturated rings. The third-order valence-electron chi connectivity index (χ3n) is 3.73. The minimum Gasteiger partial charge on any atom is -0.486 e. The molecule has 0 unspecified atom stereocenters. The van der Waals surface area contributed by atoms with Crippen molar-refractivity contribution in [1.82, 2.24) is 0 Å². The summed E-state index contributed by atoms with van der Waals surface area (Å²) in [5.41, 5.74) is 2.39. The molecule has 0 aliphatic carbocycles. The predicted octanol–water partition coefficient (Wildman–Crippen LogP) is 3.95. The van der Waals surface area contributed by atoms with E-state index in [9.17, 15) is 10.1 Å². The van der Waals surface area contributed by atoms with Crippen LogP contribution in [0.5, 0.6) is 11.5 Å². The zero-order valence-electron chi connectivity index (χ0n) is 14.4. The highest BCUT2D eigenvalue weighted by molar-refractivity contribution is 6.07. The van der Waals surface area contributed by atoms with Gasteiger partial charge in [-0.2, -0.15) is 5.26 Å². The van der Waals surface area contributed by atoms with E-state index in [1.165, 1.54) is 0 Å². The Balaban J connectivity index is 1.75. The van der Waals surface area contributed by atoms with Gasteiger partial charge in [-0.15, -0.1) is 0 Å². The molecule has 0 spiro atoms. The number of fused-ring (bicyclic) bond motifs is 1. The fourth-order valence-electron chi connectivity index (χ4n) is 2.55. The summed E-state index contributed by atoms with van der Waals surface area (Å²) in [4.78, 5) is 12.4. The molecule has 0 saturated carbocycles. The zero-order valence-corrected chi connectivity index (χ0v) is 14.4. The zero-order chi connectivity index (χ0) is 18.4. The van der Waals surface area contributed by atoms with Crippen LogP contribution < -0.4 is 14.8 Å². The molecule has 2 aromatic carbocycles. The molecular weight excluding hydrogens is 328 g/mol. The predicted molar refractivity (Wildman–Crippen MR) is 99.9 cm³/mol. The first-order valence-corrected chi connectivity index (χ1v) is 8.22. The Bertz CT molecular complexity index is 909. The molecule has 3 rings (SSSR count). The highest BCUT2D eigenvalue weighted by atomic mass is 16.6. The SMILES string of the molecule is CC(=C\c1ccccc1)/C=C(\C#N)C(=O)Nc1ccc2c(c1)OCCO2. The van der Waals surface area contributed by atoms with Gasteiger partial charge in [-0.05, 0) is 36.3 Å². The second-order valence-corrected chi connectivity index (χ2v) is 5.78. The van der Waals surface area contributed by atoms with Gasteiger partial charge in [0.25, 0.3) is 5.91 Å². The van der Waals surface area contributed by atoms with E-state index in [-0.39, 0.29) is 5.57 Å². The first kappa shape index (κ1) is 17.3. The summed E-state index contributed by atoms with van der Waals surface area (Å²) in [7, 11) is 0. The Morgan fingerprint density at radius 1 is 1.12 bits per heavy atom. The van der Waals surface area contributed by atoms with Gasteiger partial charge in [0.15, 0.2) is 11.5 Å². The molecule has 1 heterocycles. The maximum absolute atomic E-state index is 12.4. The molecule has 0 bridgehead atoms. The molecule has 0 aromatic heterocycles. The molecule has 26 heavy (non-hydrogen) atoms. The number of nitriles is 1. The van der Waals surface area contributed by atoms with E-state index in [2.05, 4.69) is 5.32 Å². The number of ether oxygens (including phenoxy) is 2. The van der Waals surface area contributed by atoms with Crippen LogP contribution in [-0.4, -0.2) is 19.1 Å². The highest BCUT2D eigenvalue weighted by Gasteiger charge is 2.14. The van der Waals surface area contributed by atoms with Gasteiger partial charge in [-0.25, -0.2) is 0 Å². The van der Waals surface area contributed by atoms with Crippen molar-refractivity contribution in [3.05, 3.63) is 71.3 Å². The van der Waals surface area contributed by atoms with Crippen LogP contribution in [-0.2, 0) is 4.79 Å². The summed E-state index contributed by atoms with van der Waals surface area (Å²) in [6.45, 7) is 2.83. The minimum absolute atomic E-state index is 0.0320. The van der Waals surface area contributed by atoms with Gasteiger partial charge in [0, 0.05) is 11.8 Å². The van der Waals surface area contributed by atoms with E-state index in [4.69, 9.17) is 9.47 Å². The summed E-state index contributed by atoms with van der Waals surface area (Å²) in [5, 5.41) is 12.1. The summed E-state index contributed by atoms with van der Waals surface area (Å²) in [6.07, 6.45) is 3.48. The normalized spacial score (nSPS) is 13.7. The average molecular weight is 346 g/mol. The number of rotatable bonds is 4. The first-order chi connectivity index (χ1) is 12.7. The fraction of sp³-hybridized carbons (Fsp3) is 0.143. The molecule has 130 valence electrons. The highest BCUT2D eigenvalue weighted by Crippen LogP contribution is 2.32. The number of nitrogens with one attached hydrogen (secondary N) is 1. The van der Waals surface area contributed by atoms with E-state index in [0.29, 0.717) is 30.4 Å². The lowest BCUT2D eigenvalue weighted by atomic mass is 10.1. The molecule has 0 radical (unpaired) electrons. The summed E-state index contributed by atoms with van der Waals surface area (Å²) in [5.74, 6) is 0.758. The minimum atomic E-state index is -0.468. The molecule has 1 aliphatic rings. The van der Waals surface area contributed by atoms with Crippen LogP contribution in [0, 0.1) is 11.3 Å². The van der Waals surface area contributed by atoms with Crippen LogP contribution in [0.25, 0.3) is 6.08 Å². The molecule has 1 amide bonds. The standard InChI is InChI=1S/C21H18N2O3/c1-15(11-16-5-3-2-4-6-16)12-17(14-22)21(24)23-18-7-8-19-20(13-18)26-10-9-25-19/h2-8,11-13H,9-10H2,1H3,(H,23,24)/b15-11+,17-12+. The Morgan fingerprint density at radius 3 is 2.58 bits per heavy atom. The smallest absolute Gasteiger partial charge is 0.266 e. The maximum Gasteiger partial charge on any atom is 0.266 e. The second-order valence-electron chi connectivity index (χ2n) is 5.78. The van der Waals surface area contributed by atoms with Crippen LogP contribution in [0.3, 0.4) is 0 Å². The van der Waals surface area contributed by atoms with Crippen molar-refractivity contribution in [2.24, 2.45) is 0 Å². The molecule has 5 heteroatoms. The molecule has 1 N–H and O–H groups in total. The fourth-order valence-corrected chi connectivity index (χ4v) is 2.55. The van der Waals surface area contributed by atoms with Crippen molar-refractivity contribution in [2.45, 2.75) is 6.92 Å². The number of benzene rings is 2. The first-order valence-electron chi connectivity index (χ1n) is 8.22. The van der Waals surface area contributed by atoms with Crippen LogP contribution in [0.15, 0.2) is 65.8 Å². The van der Waals surface area contributed by atoms with Crippen molar-refractivity contribution in [3.63, 3.8) is 0 Å². The number of carbonyl (C=O) groups is 1. The number of amides is 1. The summed E-state index contributed by atoms with van der Waals surface area (Å²) in [6, 6.07) is 16.8. The number of nitrogens with zero attached hydrogens (tertiary/aromatic N) is 1. The second kappa shape index (κ2) is 8.04.